The van der Waals surface area contributed by atoms with Crippen LogP contribution in [-0.2, 0) is 9.53 Å². The second-order valence-electron chi connectivity index (χ2n) is 2.45. The molecule has 0 aliphatic rings. The molecule has 0 N–H and O–H groups in total. The molecule has 0 saturated carbocycles. The highest BCUT2D eigenvalue weighted by molar-refractivity contribution is 5.92. The van der Waals surface area contributed by atoms with Crippen molar-refractivity contribution in [2.75, 3.05) is 21.2 Å². The largest absolute Gasteiger partial charge is 0.466 e. The van der Waals surface area contributed by atoms with Crippen LogP contribution < -0.4 is 0 Å². The fourth-order valence-corrected chi connectivity index (χ4v) is 0.507. The van der Waals surface area contributed by atoms with Gasteiger partial charge in [-0.1, -0.05) is 0 Å². The van der Waals surface area contributed by atoms with Gasteiger partial charge in [-0.25, -0.2) is 4.79 Å². The quantitative estimate of drug-likeness (QED) is 0.270. The van der Waals surface area contributed by atoms with Crippen molar-refractivity contribution < 1.29 is 9.53 Å². The van der Waals surface area contributed by atoms with Gasteiger partial charge in [0.1, 0.15) is 0 Å². The molecule has 0 rings (SSSR count). The zero-order valence-electron chi connectivity index (χ0n) is 7.87. The molecule has 0 amide bonds. The van der Waals surface area contributed by atoms with Crippen molar-refractivity contribution in [3.05, 3.63) is 11.6 Å². The van der Waals surface area contributed by atoms with Crippen LogP contribution in [0.1, 0.15) is 6.92 Å². The molecule has 0 aliphatic heterocycles. The number of hydrogen-bond donors (Lipinski definition) is 0. The lowest BCUT2D eigenvalue weighted by atomic mass is 10.3. The van der Waals surface area contributed by atoms with Crippen molar-refractivity contribution in [2.24, 2.45) is 5.10 Å². The normalized spacial score (nSPS) is 11.8. The summed E-state index contributed by atoms with van der Waals surface area (Å²) in [6.45, 7) is 1.67. The summed E-state index contributed by atoms with van der Waals surface area (Å²) in [5.74, 6) is -0.333. The minimum absolute atomic E-state index is 0.333. The van der Waals surface area contributed by atoms with E-state index >= 15 is 0 Å². The lowest BCUT2D eigenvalue weighted by Gasteiger charge is -2.00. The summed E-state index contributed by atoms with van der Waals surface area (Å²) in [4.78, 5) is 10.8. The Bertz CT molecular complexity index is 207. The van der Waals surface area contributed by atoms with Crippen molar-refractivity contribution >= 4 is 12.2 Å². The van der Waals surface area contributed by atoms with Gasteiger partial charge in [0.2, 0.25) is 0 Å². The fourth-order valence-electron chi connectivity index (χ4n) is 0.507. The molecule has 4 nitrogen and oxygen atoms in total. The van der Waals surface area contributed by atoms with Crippen molar-refractivity contribution in [3.8, 4) is 0 Å². The Kier molecular flexibility index (Phi) is 4.76. The van der Waals surface area contributed by atoms with E-state index in [1.807, 2.05) is 0 Å². The molecule has 0 fully saturated rings. The first kappa shape index (κ1) is 10.7. The van der Waals surface area contributed by atoms with Gasteiger partial charge in [-0.05, 0) is 13.0 Å². The maximum absolute atomic E-state index is 10.8. The van der Waals surface area contributed by atoms with Gasteiger partial charge in [-0.2, -0.15) is 5.10 Å². The van der Waals surface area contributed by atoms with Gasteiger partial charge >= 0.3 is 5.97 Å². The van der Waals surface area contributed by atoms with E-state index in [2.05, 4.69) is 9.84 Å². The number of carbonyl (C=O) groups excluding carboxylic acids is 1. The van der Waals surface area contributed by atoms with Crippen molar-refractivity contribution in [3.63, 3.8) is 0 Å². The predicted molar refractivity (Wildman–Crippen MR) is 48.0 cm³/mol. The van der Waals surface area contributed by atoms with Crippen molar-refractivity contribution in [1.82, 2.24) is 5.01 Å². The van der Waals surface area contributed by atoms with Gasteiger partial charge in [0.15, 0.2) is 0 Å². The average Bonchev–Trinajstić information content (AvgIpc) is 2.02. The Morgan fingerprint density at radius 2 is 2.08 bits per heavy atom. The van der Waals surface area contributed by atoms with Gasteiger partial charge in [-0.3, -0.25) is 0 Å². The molecule has 4 heteroatoms. The summed E-state index contributed by atoms with van der Waals surface area (Å²) in [5.41, 5.74) is 0.531. The molecule has 0 bridgehead atoms. The Balaban J connectivity index is 4.09. The number of nitrogens with zero attached hydrogens (tertiary/aromatic N) is 2. The Hall–Kier alpha value is -1.32. The number of hydrogen-bond acceptors (Lipinski definition) is 4. The topological polar surface area (TPSA) is 41.9 Å². The molecule has 0 radical (unpaired) electrons. The van der Waals surface area contributed by atoms with E-state index < -0.39 is 0 Å². The number of esters is 1. The van der Waals surface area contributed by atoms with Crippen LogP contribution in [0.5, 0.6) is 0 Å². The molecular weight excluding hydrogens is 156 g/mol. The number of rotatable bonds is 3. The molecule has 0 aromatic heterocycles. The van der Waals surface area contributed by atoms with Crippen LogP contribution in [0.4, 0.5) is 0 Å². The van der Waals surface area contributed by atoms with Gasteiger partial charge in [0.25, 0.3) is 0 Å². The summed E-state index contributed by atoms with van der Waals surface area (Å²) < 4.78 is 4.49. The second-order valence-corrected chi connectivity index (χ2v) is 2.45. The van der Waals surface area contributed by atoms with Crippen LogP contribution in [0.25, 0.3) is 0 Å². The lowest BCUT2D eigenvalue weighted by Crippen LogP contribution is -2.03. The van der Waals surface area contributed by atoms with Crippen LogP contribution in [0.2, 0.25) is 0 Å². The van der Waals surface area contributed by atoms with E-state index in [0.717, 1.165) is 0 Å². The van der Waals surface area contributed by atoms with E-state index in [0.29, 0.717) is 5.57 Å². The van der Waals surface area contributed by atoms with Crippen LogP contribution in [0, 0.1) is 0 Å². The monoisotopic (exact) mass is 170 g/mol. The number of allylic oxidation sites excluding steroid dienone is 1. The first-order chi connectivity index (χ1) is 5.57. The van der Waals surface area contributed by atoms with Crippen LogP contribution in [0.15, 0.2) is 16.8 Å². The third kappa shape index (κ3) is 4.49. The molecule has 0 atom stereocenters. The summed E-state index contributed by atoms with van der Waals surface area (Å²) in [6.07, 6.45) is 3.15. The first-order valence-corrected chi connectivity index (χ1v) is 3.54. The number of methoxy groups -OCH3 is 1. The Labute approximate surface area is 72.5 Å². The minimum Gasteiger partial charge on any atom is -0.466 e. The van der Waals surface area contributed by atoms with Gasteiger partial charge in [0.05, 0.1) is 7.11 Å². The van der Waals surface area contributed by atoms with Crippen LogP contribution >= 0.6 is 0 Å². The molecule has 0 heterocycles. The zero-order valence-corrected chi connectivity index (χ0v) is 7.87. The van der Waals surface area contributed by atoms with Crippen molar-refractivity contribution in [2.45, 2.75) is 6.92 Å². The predicted octanol–water partition coefficient (Wildman–Crippen LogP) is 0.653. The highest BCUT2D eigenvalue weighted by atomic mass is 16.5. The van der Waals surface area contributed by atoms with E-state index in [1.165, 1.54) is 7.11 Å². The van der Waals surface area contributed by atoms with E-state index in [-0.39, 0.29) is 5.97 Å². The maximum Gasteiger partial charge on any atom is 0.333 e. The summed E-state index contributed by atoms with van der Waals surface area (Å²) in [7, 11) is 4.96. The summed E-state index contributed by atoms with van der Waals surface area (Å²) >= 11 is 0. The zero-order chi connectivity index (χ0) is 9.56. The second kappa shape index (κ2) is 5.35. The maximum atomic E-state index is 10.8. The first-order valence-electron chi connectivity index (χ1n) is 3.54. The molecule has 0 spiro atoms. The standard InChI is InChI=1S/C8H14N2O2/c1-7(8(11)12-4)5-6-9-10(2)3/h5-6H,1-4H3. The van der Waals surface area contributed by atoms with E-state index in [4.69, 9.17) is 0 Å². The molecule has 0 saturated heterocycles. The third-order valence-electron chi connectivity index (χ3n) is 1.13. The number of carbonyl (C=O) groups is 1. The molecule has 0 aromatic rings. The lowest BCUT2D eigenvalue weighted by molar-refractivity contribution is -0.136. The Morgan fingerprint density at radius 1 is 1.50 bits per heavy atom. The SMILES string of the molecule is COC(=O)C(C)=CC=NN(C)C. The highest BCUT2D eigenvalue weighted by Crippen LogP contribution is 1.92. The molecule has 12 heavy (non-hydrogen) atoms. The number of hydrazone groups is 1. The molecule has 68 valence electrons. The van der Waals surface area contributed by atoms with Crippen LogP contribution in [0.3, 0.4) is 0 Å². The van der Waals surface area contributed by atoms with Gasteiger partial charge in [-0.15, -0.1) is 0 Å². The third-order valence-corrected chi connectivity index (χ3v) is 1.13. The summed E-state index contributed by atoms with van der Waals surface area (Å²) in [5, 5.41) is 5.55. The molecule has 0 aliphatic carbocycles. The van der Waals surface area contributed by atoms with Crippen LogP contribution in [-0.4, -0.2) is 38.4 Å². The minimum atomic E-state index is -0.333. The van der Waals surface area contributed by atoms with E-state index in [9.17, 15) is 4.79 Å². The molecule has 0 aromatic carbocycles. The fraction of sp³-hybridized carbons (Fsp3) is 0.500. The van der Waals surface area contributed by atoms with E-state index in [1.54, 1.807) is 38.3 Å². The average molecular weight is 170 g/mol. The molecule has 0 unspecified atom stereocenters. The highest BCUT2D eigenvalue weighted by Gasteiger charge is 1.99. The number of ether oxygens (including phenoxy) is 1. The van der Waals surface area contributed by atoms with Crippen molar-refractivity contribution in [1.29, 1.82) is 0 Å². The van der Waals surface area contributed by atoms with Gasteiger partial charge < -0.3 is 9.75 Å². The Morgan fingerprint density at radius 3 is 2.50 bits per heavy atom. The summed E-state index contributed by atoms with van der Waals surface area (Å²) in [6, 6.07) is 0. The van der Waals surface area contributed by atoms with Gasteiger partial charge in [0, 0.05) is 25.9 Å². The molecular formula is C8H14N2O2. The smallest absolute Gasteiger partial charge is 0.333 e.